The number of ether oxygens (including phenoxy) is 1. The second-order valence-electron chi connectivity index (χ2n) is 8.16. The summed E-state index contributed by atoms with van der Waals surface area (Å²) in [7, 11) is 1.67. The largest absolute Gasteiger partial charge is 0.497 e. The molecular weight excluding hydrogens is 320 g/mol. The molecule has 26 heavy (non-hydrogen) atoms. The van der Waals surface area contributed by atoms with E-state index in [2.05, 4.69) is 62.7 Å². The number of methoxy groups -OCH3 is 1. The van der Waals surface area contributed by atoms with E-state index in [0.29, 0.717) is 12.0 Å². The molecule has 2 aromatic rings. The van der Waals surface area contributed by atoms with Crippen LogP contribution in [0.2, 0.25) is 0 Å². The molecule has 0 amide bonds. The minimum atomic E-state index is 0.180. The molecule has 0 aromatic heterocycles. The third-order valence-electron chi connectivity index (χ3n) is 5.25. The summed E-state index contributed by atoms with van der Waals surface area (Å²) in [6, 6.07) is 15.0. The van der Waals surface area contributed by atoms with Gasteiger partial charge < -0.3 is 9.64 Å². The van der Waals surface area contributed by atoms with Gasteiger partial charge in [0, 0.05) is 23.5 Å². The summed E-state index contributed by atoms with van der Waals surface area (Å²) in [5.41, 5.74) is 5.05. The molecule has 3 rings (SSSR count). The molecule has 0 aliphatic carbocycles. The van der Waals surface area contributed by atoms with Gasteiger partial charge in [-0.15, -0.1) is 0 Å². The van der Waals surface area contributed by atoms with Crippen molar-refractivity contribution in [1.29, 1.82) is 0 Å². The van der Waals surface area contributed by atoms with Gasteiger partial charge in [-0.2, -0.15) is 0 Å². The number of hydrogen-bond acceptors (Lipinski definition) is 3. The highest BCUT2D eigenvalue weighted by Crippen LogP contribution is 2.44. The van der Waals surface area contributed by atoms with Gasteiger partial charge in [0.15, 0.2) is 0 Å². The van der Waals surface area contributed by atoms with Gasteiger partial charge in [0.05, 0.1) is 12.8 Å². The topological polar surface area (TPSA) is 24.8 Å². The van der Waals surface area contributed by atoms with Gasteiger partial charge in [-0.05, 0) is 87.6 Å². The molecule has 0 spiro atoms. The molecule has 1 atom stereocenters. The van der Waals surface area contributed by atoms with E-state index in [1.54, 1.807) is 7.11 Å². The zero-order valence-corrected chi connectivity index (χ0v) is 16.8. The molecule has 1 unspecified atom stereocenters. The van der Waals surface area contributed by atoms with Crippen molar-refractivity contribution >= 4 is 17.6 Å². The molecule has 0 saturated carbocycles. The van der Waals surface area contributed by atoms with Gasteiger partial charge in [-0.3, -0.25) is 4.99 Å². The van der Waals surface area contributed by atoms with Crippen molar-refractivity contribution in [3.63, 3.8) is 0 Å². The SMILES string of the molecule is COc1ccc(N=Cc2ccc3c(c2)C(C)CC(C)(C)N3C(C)C)cc1. The molecule has 0 N–H and O–H groups in total. The summed E-state index contributed by atoms with van der Waals surface area (Å²) in [6.07, 6.45) is 3.12. The summed E-state index contributed by atoms with van der Waals surface area (Å²) >= 11 is 0. The number of hydrogen-bond donors (Lipinski definition) is 0. The molecular formula is C23H30N2O. The average Bonchev–Trinajstić information content (AvgIpc) is 2.59. The monoisotopic (exact) mass is 350 g/mol. The molecule has 0 saturated heterocycles. The smallest absolute Gasteiger partial charge is 0.119 e. The highest BCUT2D eigenvalue weighted by molar-refractivity contribution is 5.84. The van der Waals surface area contributed by atoms with Crippen LogP contribution in [-0.4, -0.2) is 24.9 Å². The third-order valence-corrected chi connectivity index (χ3v) is 5.25. The van der Waals surface area contributed by atoms with Gasteiger partial charge in [0.1, 0.15) is 5.75 Å². The molecule has 1 heterocycles. The lowest BCUT2D eigenvalue weighted by Gasteiger charge is -2.50. The zero-order valence-electron chi connectivity index (χ0n) is 16.8. The van der Waals surface area contributed by atoms with E-state index < -0.39 is 0 Å². The van der Waals surface area contributed by atoms with E-state index in [1.165, 1.54) is 11.3 Å². The van der Waals surface area contributed by atoms with Crippen LogP contribution in [0.25, 0.3) is 0 Å². The highest BCUT2D eigenvalue weighted by atomic mass is 16.5. The lowest BCUT2D eigenvalue weighted by Crippen LogP contribution is -2.51. The maximum Gasteiger partial charge on any atom is 0.119 e. The quantitative estimate of drug-likeness (QED) is 0.637. The summed E-state index contributed by atoms with van der Waals surface area (Å²) in [5.74, 6) is 1.40. The first-order valence-electron chi connectivity index (χ1n) is 9.43. The van der Waals surface area contributed by atoms with Crippen LogP contribution in [0, 0.1) is 0 Å². The maximum atomic E-state index is 5.20. The second kappa shape index (κ2) is 7.14. The summed E-state index contributed by atoms with van der Waals surface area (Å²) in [6.45, 7) is 11.6. The first-order valence-corrected chi connectivity index (χ1v) is 9.43. The lowest BCUT2D eigenvalue weighted by molar-refractivity contribution is 0.356. The van der Waals surface area contributed by atoms with Crippen LogP contribution in [0.1, 0.15) is 58.1 Å². The first-order chi connectivity index (χ1) is 12.3. The molecule has 0 fully saturated rings. The molecule has 1 aliphatic heterocycles. The Labute approximate surface area is 157 Å². The molecule has 0 radical (unpaired) electrons. The van der Waals surface area contributed by atoms with Crippen molar-refractivity contribution in [3.8, 4) is 5.75 Å². The van der Waals surface area contributed by atoms with Crippen LogP contribution in [-0.2, 0) is 0 Å². The predicted octanol–water partition coefficient (Wildman–Crippen LogP) is 5.95. The van der Waals surface area contributed by atoms with Gasteiger partial charge >= 0.3 is 0 Å². The van der Waals surface area contributed by atoms with Gasteiger partial charge in [-0.1, -0.05) is 13.0 Å². The number of rotatable bonds is 4. The Morgan fingerprint density at radius 1 is 1.15 bits per heavy atom. The van der Waals surface area contributed by atoms with Crippen molar-refractivity contribution < 1.29 is 4.74 Å². The van der Waals surface area contributed by atoms with Crippen molar-refractivity contribution in [2.75, 3.05) is 12.0 Å². The zero-order chi connectivity index (χ0) is 18.9. The van der Waals surface area contributed by atoms with Gasteiger partial charge in [0.2, 0.25) is 0 Å². The molecule has 3 nitrogen and oxygen atoms in total. The van der Waals surface area contributed by atoms with Crippen LogP contribution in [0.5, 0.6) is 5.75 Å². The molecule has 1 aliphatic rings. The number of nitrogens with zero attached hydrogens (tertiary/aromatic N) is 2. The van der Waals surface area contributed by atoms with E-state index in [4.69, 9.17) is 4.74 Å². The Bertz CT molecular complexity index is 790. The molecule has 138 valence electrons. The third kappa shape index (κ3) is 3.62. The average molecular weight is 351 g/mol. The van der Waals surface area contributed by atoms with E-state index >= 15 is 0 Å². The van der Waals surface area contributed by atoms with Crippen LogP contribution in [0.3, 0.4) is 0 Å². The Morgan fingerprint density at radius 2 is 1.85 bits per heavy atom. The minimum Gasteiger partial charge on any atom is -0.497 e. The molecule has 0 bridgehead atoms. The van der Waals surface area contributed by atoms with Crippen LogP contribution in [0.15, 0.2) is 47.5 Å². The van der Waals surface area contributed by atoms with Crippen LogP contribution >= 0.6 is 0 Å². The Hall–Kier alpha value is -2.29. The molecule has 3 heteroatoms. The van der Waals surface area contributed by atoms with Gasteiger partial charge in [0.25, 0.3) is 0 Å². The summed E-state index contributed by atoms with van der Waals surface area (Å²) < 4.78 is 5.20. The van der Waals surface area contributed by atoms with E-state index in [1.807, 2.05) is 30.5 Å². The highest BCUT2D eigenvalue weighted by Gasteiger charge is 2.37. The number of benzene rings is 2. The summed E-state index contributed by atoms with van der Waals surface area (Å²) in [4.78, 5) is 7.18. The standard InChI is InChI=1S/C23H30N2O/c1-16(2)25-22-12-7-18(13-21(22)17(3)14-23(25,4)5)15-24-19-8-10-20(26-6)11-9-19/h7-13,15-17H,14H2,1-6H3. The van der Waals surface area contributed by atoms with Gasteiger partial charge in [-0.25, -0.2) is 0 Å². The van der Waals surface area contributed by atoms with E-state index in [9.17, 15) is 0 Å². The lowest BCUT2D eigenvalue weighted by atomic mass is 9.79. The van der Waals surface area contributed by atoms with Crippen LogP contribution in [0.4, 0.5) is 11.4 Å². The molecule has 2 aromatic carbocycles. The number of anilines is 1. The van der Waals surface area contributed by atoms with Crippen molar-refractivity contribution in [2.45, 2.75) is 58.5 Å². The van der Waals surface area contributed by atoms with Crippen molar-refractivity contribution in [1.82, 2.24) is 0 Å². The summed E-state index contributed by atoms with van der Waals surface area (Å²) in [5, 5.41) is 0. The normalized spacial score (nSPS) is 19.0. The van der Waals surface area contributed by atoms with Crippen LogP contribution < -0.4 is 9.64 Å². The Balaban J connectivity index is 1.90. The Kier molecular flexibility index (Phi) is 5.08. The maximum absolute atomic E-state index is 5.20. The number of fused-ring (bicyclic) bond motifs is 1. The second-order valence-corrected chi connectivity index (χ2v) is 8.16. The van der Waals surface area contributed by atoms with Crippen molar-refractivity contribution in [2.24, 2.45) is 4.99 Å². The predicted molar refractivity (Wildman–Crippen MR) is 111 cm³/mol. The van der Waals surface area contributed by atoms with Crippen molar-refractivity contribution in [3.05, 3.63) is 53.6 Å². The van der Waals surface area contributed by atoms with E-state index in [-0.39, 0.29) is 5.54 Å². The first kappa shape index (κ1) is 18.5. The fourth-order valence-electron chi connectivity index (χ4n) is 4.35. The fraction of sp³-hybridized carbons (Fsp3) is 0.435. The Morgan fingerprint density at radius 3 is 2.46 bits per heavy atom. The van der Waals surface area contributed by atoms with E-state index in [0.717, 1.165) is 23.4 Å². The fourth-order valence-corrected chi connectivity index (χ4v) is 4.35. The minimum absolute atomic E-state index is 0.180. The number of aliphatic imine (C=N–C) groups is 1.